The van der Waals surface area contributed by atoms with Gasteiger partial charge < -0.3 is 14.5 Å². The monoisotopic (exact) mass is 478 g/mol. The third-order valence-electron chi connectivity index (χ3n) is 6.03. The molecule has 3 heterocycles. The topological polar surface area (TPSA) is 41.5 Å². The first-order chi connectivity index (χ1) is 16.0. The van der Waals surface area contributed by atoms with E-state index >= 15 is 0 Å². The van der Waals surface area contributed by atoms with Gasteiger partial charge in [0.25, 0.3) is 0 Å². The fourth-order valence-corrected chi connectivity index (χ4v) is 5.78. The Morgan fingerprint density at radius 2 is 1.70 bits per heavy atom. The summed E-state index contributed by atoms with van der Waals surface area (Å²) < 4.78 is 5.64. The van der Waals surface area contributed by atoms with Crippen molar-refractivity contribution in [3.8, 4) is 16.9 Å². The molecule has 0 unspecified atom stereocenters. The maximum absolute atomic E-state index is 6.22. The summed E-state index contributed by atoms with van der Waals surface area (Å²) in [5, 5.41) is 1.93. The number of halogens is 1. The molecule has 5 rings (SSSR count). The summed E-state index contributed by atoms with van der Waals surface area (Å²) in [6.45, 7) is 10.5. The number of piperazine rings is 1. The Hall–Kier alpha value is -2.83. The van der Waals surface area contributed by atoms with Gasteiger partial charge in [0.15, 0.2) is 0 Å². The van der Waals surface area contributed by atoms with Crippen molar-refractivity contribution >= 4 is 44.7 Å². The second-order valence-corrected chi connectivity index (χ2v) is 9.86. The number of fused-ring (bicyclic) bond motifs is 1. The van der Waals surface area contributed by atoms with E-state index in [1.165, 1.54) is 21.7 Å². The standard InChI is InChI=1S/C26H27ClN4OS/c1-4-32-22-10-8-19(9-11-22)23-17(2)33-26-24(23)25(28-18(3)29-26)31-14-12-30(13-15-31)21-7-5-6-20(27)16-21/h5-11,16H,4,12-15H2,1-3H3. The molecule has 0 aliphatic carbocycles. The van der Waals surface area contributed by atoms with Gasteiger partial charge in [0, 0.05) is 47.3 Å². The molecule has 2 aromatic heterocycles. The number of ether oxygens (including phenoxy) is 1. The number of nitrogens with zero attached hydrogens (tertiary/aromatic N) is 4. The predicted molar refractivity (Wildman–Crippen MR) is 139 cm³/mol. The first-order valence-electron chi connectivity index (χ1n) is 11.3. The fraction of sp³-hybridized carbons (Fsp3) is 0.308. The van der Waals surface area contributed by atoms with Gasteiger partial charge in [-0.15, -0.1) is 11.3 Å². The molecule has 0 bridgehead atoms. The molecule has 1 saturated heterocycles. The van der Waals surface area contributed by atoms with Crippen molar-refractivity contribution in [1.29, 1.82) is 0 Å². The van der Waals surface area contributed by atoms with Crippen LogP contribution in [0.1, 0.15) is 17.6 Å². The molecule has 1 aliphatic rings. The highest BCUT2D eigenvalue weighted by Crippen LogP contribution is 2.42. The van der Waals surface area contributed by atoms with Gasteiger partial charge in [0.1, 0.15) is 22.2 Å². The summed E-state index contributed by atoms with van der Waals surface area (Å²) >= 11 is 7.96. The second-order valence-electron chi connectivity index (χ2n) is 8.22. The number of benzene rings is 2. The smallest absolute Gasteiger partial charge is 0.141 e. The Bertz CT molecular complexity index is 1280. The highest BCUT2D eigenvalue weighted by Gasteiger charge is 2.24. The molecule has 0 atom stereocenters. The largest absolute Gasteiger partial charge is 0.494 e. The molecule has 2 aromatic carbocycles. The van der Waals surface area contributed by atoms with Gasteiger partial charge in [-0.25, -0.2) is 9.97 Å². The molecule has 0 radical (unpaired) electrons. The lowest BCUT2D eigenvalue weighted by molar-refractivity contribution is 0.340. The molecule has 1 fully saturated rings. The normalized spacial score (nSPS) is 14.2. The number of rotatable bonds is 5. The predicted octanol–water partition coefficient (Wildman–Crippen LogP) is 6.35. The minimum atomic E-state index is 0.665. The van der Waals surface area contributed by atoms with Crippen molar-refractivity contribution in [3.05, 3.63) is 64.3 Å². The average Bonchev–Trinajstić information content (AvgIpc) is 3.15. The van der Waals surface area contributed by atoms with Crippen LogP contribution >= 0.6 is 22.9 Å². The number of aromatic nitrogens is 2. The number of aryl methyl sites for hydroxylation is 2. The fourth-order valence-electron chi connectivity index (χ4n) is 4.51. The van der Waals surface area contributed by atoms with Crippen molar-refractivity contribution < 1.29 is 4.74 Å². The maximum atomic E-state index is 6.22. The van der Waals surface area contributed by atoms with E-state index in [1.54, 1.807) is 11.3 Å². The number of anilines is 2. The zero-order valence-corrected chi connectivity index (χ0v) is 20.7. The SMILES string of the molecule is CCOc1ccc(-c2c(C)sc3nc(C)nc(N4CCN(c5cccc(Cl)c5)CC4)c23)cc1. The van der Waals surface area contributed by atoms with Crippen LogP contribution < -0.4 is 14.5 Å². The summed E-state index contributed by atoms with van der Waals surface area (Å²) in [6.07, 6.45) is 0. The van der Waals surface area contributed by atoms with E-state index in [2.05, 4.69) is 34.9 Å². The van der Waals surface area contributed by atoms with Gasteiger partial charge in [0.2, 0.25) is 0 Å². The third-order valence-corrected chi connectivity index (χ3v) is 7.26. The van der Waals surface area contributed by atoms with E-state index in [1.807, 2.05) is 44.2 Å². The van der Waals surface area contributed by atoms with Crippen LogP contribution in [0.5, 0.6) is 5.75 Å². The molecule has 7 heteroatoms. The first-order valence-corrected chi connectivity index (χ1v) is 12.5. The van der Waals surface area contributed by atoms with Crippen LogP contribution in [0.2, 0.25) is 5.02 Å². The van der Waals surface area contributed by atoms with E-state index in [-0.39, 0.29) is 0 Å². The molecule has 0 saturated carbocycles. The third kappa shape index (κ3) is 4.37. The van der Waals surface area contributed by atoms with Gasteiger partial charge in [-0.1, -0.05) is 29.8 Å². The summed E-state index contributed by atoms with van der Waals surface area (Å²) in [6, 6.07) is 16.5. The van der Waals surface area contributed by atoms with Crippen LogP contribution in [0.3, 0.4) is 0 Å². The Morgan fingerprint density at radius 1 is 0.970 bits per heavy atom. The Balaban J connectivity index is 1.49. The van der Waals surface area contributed by atoms with Crippen molar-refractivity contribution in [1.82, 2.24) is 9.97 Å². The number of thiophene rings is 1. The second kappa shape index (κ2) is 9.20. The van der Waals surface area contributed by atoms with Crippen LogP contribution in [-0.2, 0) is 0 Å². The van der Waals surface area contributed by atoms with E-state index in [0.29, 0.717) is 6.61 Å². The van der Waals surface area contributed by atoms with Crippen LogP contribution in [0, 0.1) is 13.8 Å². The Morgan fingerprint density at radius 3 is 2.39 bits per heavy atom. The van der Waals surface area contributed by atoms with E-state index in [0.717, 1.165) is 58.8 Å². The molecule has 33 heavy (non-hydrogen) atoms. The van der Waals surface area contributed by atoms with E-state index in [9.17, 15) is 0 Å². The maximum Gasteiger partial charge on any atom is 0.141 e. The van der Waals surface area contributed by atoms with Crippen molar-refractivity contribution in [2.45, 2.75) is 20.8 Å². The van der Waals surface area contributed by atoms with E-state index < -0.39 is 0 Å². The quantitative estimate of drug-likeness (QED) is 0.334. The van der Waals surface area contributed by atoms with Gasteiger partial charge in [-0.3, -0.25) is 0 Å². The molecule has 0 spiro atoms. The van der Waals surface area contributed by atoms with Crippen LogP contribution in [0.4, 0.5) is 11.5 Å². The van der Waals surface area contributed by atoms with Crippen molar-refractivity contribution in [2.24, 2.45) is 0 Å². The summed E-state index contributed by atoms with van der Waals surface area (Å²) in [4.78, 5) is 16.8. The van der Waals surface area contributed by atoms with Gasteiger partial charge in [0.05, 0.1) is 12.0 Å². The van der Waals surface area contributed by atoms with E-state index in [4.69, 9.17) is 26.3 Å². The average molecular weight is 479 g/mol. The lowest BCUT2D eigenvalue weighted by Crippen LogP contribution is -2.47. The van der Waals surface area contributed by atoms with Crippen molar-refractivity contribution in [2.75, 3.05) is 42.6 Å². The summed E-state index contributed by atoms with van der Waals surface area (Å²) in [7, 11) is 0. The molecule has 0 N–H and O–H groups in total. The minimum absolute atomic E-state index is 0.665. The van der Waals surface area contributed by atoms with Crippen LogP contribution in [0.25, 0.3) is 21.3 Å². The molecule has 1 aliphatic heterocycles. The first kappa shape index (κ1) is 22.0. The van der Waals surface area contributed by atoms with Crippen LogP contribution in [-0.4, -0.2) is 42.8 Å². The molecule has 170 valence electrons. The molecule has 4 aromatic rings. The molecule has 5 nitrogen and oxygen atoms in total. The zero-order chi connectivity index (χ0) is 22.9. The number of hydrogen-bond acceptors (Lipinski definition) is 6. The Labute approximate surface area is 203 Å². The minimum Gasteiger partial charge on any atom is -0.494 e. The van der Waals surface area contributed by atoms with Gasteiger partial charge >= 0.3 is 0 Å². The zero-order valence-electron chi connectivity index (χ0n) is 19.1. The number of hydrogen-bond donors (Lipinski definition) is 0. The van der Waals surface area contributed by atoms with Gasteiger partial charge in [-0.05, 0) is 56.7 Å². The Kier molecular flexibility index (Phi) is 6.13. The highest BCUT2D eigenvalue weighted by atomic mass is 35.5. The molecule has 0 amide bonds. The van der Waals surface area contributed by atoms with Gasteiger partial charge in [-0.2, -0.15) is 0 Å². The molecular formula is C26H27ClN4OS. The van der Waals surface area contributed by atoms with Crippen molar-refractivity contribution in [3.63, 3.8) is 0 Å². The molecular weight excluding hydrogens is 452 g/mol. The highest BCUT2D eigenvalue weighted by molar-refractivity contribution is 7.19. The summed E-state index contributed by atoms with van der Waals surface area (Å²) in [5.74, 6) is 2.74. The lowest BCUT2D eigenvalue weighted by atomic mass is 10.0. The summed E-state index contributed by atoms with van der Waals surface area (Å²) in [5.41, 5.74) is 3.58. The lowest BCUT2D eigenvalue weighted by Gasteiger charge is -2.37. The van der Waals surface area contributed by atoms with Crippen LogP contribution in [0.15, 0.2) is 48.5 Å².